The number of nitrogens with zero attached hydrogens (tertiary/aromatic N) is 3. The Labute approximate surface area is 175 Å². The Kier molecular flexibility index (Phi) is 6.61. The lowest BCUT2D eigenvalue weighted by molar-refractivity contribution is 0.161. The Morgan fingerprint density at radius 1 is 1.21 bits per heavy atom. The van der Waals surface area contributed by atoms with E-state index in [-0.39, 0.29) is 0 Å². The fourth-order valence-electron chi connectivity index (χ4n) is 3.92. The fraction of sp³-hybridized carbons (Fsp3) is 0.429. The maximum Gasteiger partial charge on any atom is 0.225 e. The minimum atomic E-state index is 0.361. The van der Waals surface area contributed by atoms with Crippen LogP contribution in [0, 0.1) is 5.92 Å². The van der Waals surface area contributed by atoms with Crippen LogP contribution in [0.4, 0.5) is 5.95 Å². The first-order valence-electron chi connectivity index (χ1n) is 10.1. The highest BCUT2D eigenvalue weighted by Crippen LogP contribution is 2.23. The number of halogens is 1. The van der Waals surface area contributed by atoms with Gasteiger partial charge in [0.25, 0.3) is 0 Å². The maximum atomic E-state index is 8.74. The summed E-state index contributed by atoms with van der Waals surface area (Å²) in [4.78, 5) is 14.4. The third-order valence-electron chi connectivity index (χ3n) is 5.61. The summed E-state index contributed by atoms with van der Waals surface area (Å²) in [5, 5.41) is 14.4. The van der Waals surface area contributed by atoms with E-state index in [0.717, 1.165) is 67.5 Å². The molecule has 3 aromatic rings. The SMILES string of the molecule is ONCc1cnc(N2CCC(CNCCc3c[nH]c4ccc(Cl)cc34)CC2)nc1. The molecule has 0 spiro atoms. The molecule has 0 bridgehead atoms. The first-order chi connectivity index (χ1) is 14.2. The molecule has 1 aromatic carbocycles. The number of aromatic nitrogens is 3. The molecule has 0 saturated carbocycles. The molecule has 0 unspecified atom stereocenters. The van der Waals surface area contributed by atoms with Gasteiger partial charge in [-0.3, -0.25) is 0 Å². The molecule has 1 aliphatic heterocycles. The number of benzene rings is 1. The first-order valence-corrected chi connectivity index (χ1v) is 10.5. The van der Waals surface area contributed by atoms with E-state index in [2.05, 4.69) is 36.8 Å². The van der Waals surface area contributed by atoms with Gasteiger partial charge in [0, 0.05) is 59.7 Å². The number of piperidine rings is 1. The lowest BCUT2D eigenvalue weighted by Gasteiger charge is -2.32. The van der Waals surface area contributed by atoms with Crippen molar-refractivity contribution in [3.8, 4) is 0 Å². The number of hydrogen-bond acceptors (Lipinski definition) is 6. The van der Waals surface area contributed by atoms with Crippen molar-refractivity contribution in [3.05, 3.63) is 52.9 Å². The van der Waals surface area contributed by atoms with Crippen LogP contribution in [0.1, 0.15) is 24.0 Å². The average molecular weight is 415 g/mol. The number of H-pyrrole nitrogens is 1. The molecule has 1 fully saturated rings. The number of nitrogens with one attached hydrogen (secondary N) is 3. The van der Waals surface area contributed by atoms with Crippen molar-refractivity contribution in [2.75, 3.05) is 31.1 Å². The monoisotopic (exact) mass is 414 g/mol. The highest BCUT2D eigenvalue weighted by atomic mass is 35.5. The minimum absolute atomic E-state index is 0.361. The van der Waals surface area contributed by atoms with Gasteiger partial charge in [-0.25, -0.2) is 15.4 Å². The molecule has 2 aromatic heterocycles. The van der Waals surface area contributed by atoms with Crippen molar-refractivity contribution in [2.24, 2.45) is 5.92 Å². The normalized spacial score (nSPS) is 15.3. The molecule has 4 rings (SSSR count). The van der Waals surface area contributed by atoms with Crippen LogP contribution in [0.5, 0.6) is 0 Å². The standard InChI is InChI=1S/C21H27ClN6O/c22-18-1-2-20-19(9-18)17(14-24-20)3-6-23-10-15-4-7-28(8-5-15)21-25-11-16(12-26-21)13-27-29/h1-2,9,11-12,14-15,23-24,27,29H,3-8,10,13H2. The molecule has 8 heteroatoms. The maximum absolute atomic E-state index is 8.74. The molecule has 0 radical (unpaired) electrons. The highest BCUT2D eigenvalue weighted by molar-refractivity contribution is 6.31. The van der Waals surface area contributed by atoms with Crippen LogP contribution in [0.25, 0.3) is 10.9 Å². The van der Waals surface area contributed by atoms with Crippen LogP contribution >= 0.6 is 11.6 Å². The Morgan fingerprint density at radius 3 is 2.76 bits per heavy atom. The Hall–Kier alpha value is -2.19. The molecule has 7 nitrogen and oxygen atoms in total. The van der Waals surface area contributed by atoms with Crippen molar-refractivity contribution >= 4 is 28.5 Å². The third kappa shape index (κ3) is 5.05. The van der Waals surface area contributed by atoms with Crippen LogP contribution in [0.2, 0.25) is 5.02 Å². The molecular formula is C21H27ClN6O. The number of anilines is 1. The summed E-state index contributed by atoms with van der Waals surface area (Å²) in [5.74, 6) is 1.46. The van der Waals surface area contributed by atoms with E-state index in [1.165, 1.54) is 10.9 Å². The molecular weight excluding hydrogens is 388 g/mol. The average Bonchev–Trinajstić information content (AvgIpc) is 3.14. The zero-order chi connectivity index (χ0) is 20.1. The second kappa shape index (κ2) is 9.54. The molecule has 1 aliphatic rings. The molecule has 3 heterocycles. The number of rotatable bonds is 8. The lowest BCUT2D eigenvalue weighted by Crippen LogP contribution is -2.38. The molecule has 0 amide bonds. The summed E-state index contributed by atoms with van der Waals surface area (Å²) in [5.41, 5.74) is 5.44. The largest absolute Gasteiger partial charge is 0.361 e. The number of aromatic amines is 1. The Bertz CT molecular complexity index is 921. The van der Waals surface area contributed by atoms with Crippen LogP contribution < -0.4 is 15.7 Å². The summed E-state index contributed by atoms with van der Waals surface area (Å²) in [6.07, 6.45) is 8.87. The summed E-state index contributed by atoms with van der Waals surface area (Å²) >= 11 is 6.13. The number of fused-ring (bicyclic) bond motifs is 1. The molecule has 0 aliphatic carbocycles. The number of hydrogen-bond donors (Lipinski definition) is 4. The minimum Gasteiger partial charge on any atom is -0.361 e. The van der Waals surface area contributed by atoms with Gasteiger partial charge in [0.1, 0.15) is 0 Å². The van der Waals surface area contributed by atoms with Crippen LogP contribution in [0.3, 0.4) is 0 Å². The van der Waals surface area contributed by atoms with E-state index in [0.29, 0.717) is 12.5 Å². The van der Waals surface area contributed by atoms with Gasteiger partial charge in [0.15, 0.2) is 0 Å². The van der Waals surface area contributed by atoms with E-state index in [1.807, 2.05) is 18.2 Å². The van der Waals surface area contributed by atoms with Crippen molar-refractivity contribution in [2.45, 2.75) is 25.8 Å². The molecule has 0 atom stereocenters. The van der Waals surface area contributed by atoms with Gasteiger partial charge >= 0.3 is 0 Å². The van der Waals surface area contributed by atoms with E-state index in [1.54, 1.807) is 12.4 Å². The molecule has 4 N–H and O–H groups in total. The second-order valence-electron chi connectivity index (χ2n) is 7.61. The van der Waals surface area contributed by atoms with E-state index >= 15 is 0 Å². The zero-order valence-electron chi connectivity index (χ0n) is 16.4. The number of hydroxylamine groups is 1. The van der Waals surface area contributed by atoms with Crippen molar-refractivity contribution in [1.82, 2.24) is 25.7 Å². The summed E-state index contributed by atoms with van der Waals surface area (Å²) in [6, 6.07) is 5.98. The smallest absolute Gasteiger partial charge is 0.225 e. The van der Waals surface area contributed by atoms with Gasteiger partial charge in [-0.05, 0) is 62.0 Å². The van der Waals surface area contributed by atoms with E-state index in [4.69, 9.17) is 16.8 Å². The topological polar surface area (TPSA) is 89.1 Å². The van der Waals surface area contributed by atoms with E-state index < -0.39 is 0 Å². The van der Waals surface area contributed by atoms with Gasteiger partial charge < -0.3 is 20.4 Å². The quantitative estimate of drug-likeness (QED) is 0.334. The molecule has 1 saturated heterocycles. The van der Waals surface area contributed by atoms with Gasteiger partial charge in [-0.2, -0.15) is 0 Å². The van der Waals surface area contributed by atoms with Crippen molar-refractivity contribution in [3.63, 3.8) is 0 Å². The van der Waals surface area contributed by atoms with Gasteiger partial charge in [-0.1, -0.05) is 11.6 Å². The van der Waals surface area contributed by atoms with Crippen molar-refractivity contribution < 1.29 is 5.21 Å². The van der Waals surface area contributed by atoms with Gasteiger partial charge in [0.2, 0.25) is 5.95 Å². The Morgan fingerprint density at radius 2 is 2.00 bits per heavy atom. The zero-order valence-corrected chi connectivity index (χ0v) is 17.1. The summed E-state index contributed by atoms with van der Waals surface area (Å²) < 4.78 is 0. The first kappa shape index (κ1) is 20.1. The van der Waals surface area contributed by atoms with Gasteiger partial charge in [0.05, 0.1) is 0 Å². The molecule has 154 valence electrons. The predicted octanol–water partition coefficient (Wildman–Crippen LogP) is 3.14. The lowest BCUT2D eigenvalue weighted by atomic mass is 9.97. The van der Waals surface area contributed by atoms with E-state index in [9.17, 15) is 0 Å². The highest BCUT2D eigenvalue weighted by Gasteiger charge is 2.20. The van der Waals surface area contributed by atoms with Crippen LogP contribution in [-0.2, 0) is 13.0 Å². The van der Waals surface area contributed by atoms with Crippen molar-refractivity contribution in [1.29, 1.82) is 0 Å². The Balaban J connectivity index is 1.19. The fourth-order valence-corrected chi connectivity index (χ4v) is 4.09. The third-order valence-corrected chi connectivity index (χ3v) is 5.84. The summed E-state index contributed by atoms with van der Waals surface area (Å²) in [7, 11) is 0. The predicted molar refractivity (Wildman–Crippen MR) is 115 cm³/mol. The van der Waals surface area contributed by atoms with Gasteiger partial charge in [-0.15, -0.1) is 0 Å². The second-order valence-corrected chi connectivity index (χ2v) is 8.05. The summed E-state index contributed by atoms with van der Waals surface area (Å²) in [6.45, 7) is 4.32. The molecule has 29 heavy (non-hydrogen) atoms. The van der Waals surface area contributed by atoms with Crippen LogP contribution in [-0.4, -0.2) is 46.3 Å². The van der Waals surface area contributed by atoms with Crippen LogP contribution in [0.15, 0.2) is 36.8 Å².